The molecule has 1 aromatic heterocycles. The second-order valence-corrected chi connectivity index (χ2v) is 3.71. The Balaban J connectivity index is 2.28. The Bertz CT molecular complexity index is 285. The van der Waals surface area contributed by atoms with Gasteiger partial charge in [-0.3, -0.25) is 0 Å². The lowest BCUT2D eigenvalue weighted by Crippen LogP contribution is -2.41. The zero-order chi connectivity index (χ0) is 9.31. The van der Waals surface area contributed by atoms with Gasteiger partial charge in [0.15, 0.2) is 0 Å². The predicted octanol–water partition coefficient (Wildman–Crippen LogP) is 1.60. The Morgan fingerprint density at radius 2 is 2.23 bits per heavy atom. The summed E-state index contributed by atoms with van der Waals surface area (Å²) < 4.78 is 12.6. The van der Waals surface area contributed by atoms with Crippen LogP contribution in [0.3, 0.4) is 0 Å². The van der Waals surface area contributed by atoms with E-state index in [9.17, 15) is 4.39 Å². The fourth-order valence-corrected chi connectivity index (χ4v) is 1.90. The summed E-state index contributed by atoms with van der Waals surface area (Å²) >= 11 is 0. The SMILES string of the molecule is NCC1(c2ccc(F)nc2)CCC1. The largest absolute Gasteiger partial charge is 0.330 e. The van der Waals surface area contributed by atoms with Gasteiger partial charge in [0.2, 0.25) is 5.95 Å². The van der Waals surface area contributed by atoms with Crippen molar-refractivity contribution in [3.63, 3.8) is 0 Å². The van der Waals surface area contributed by atoms with Crippen LogP contribution < -0.4 is 5.73 Å². The third-order valence-corrected chi connectivity index (χ3v) is 3.04. The number of nitrogens with two attached hydrogens (primary N) is 1. The van der Waals surface area contributed by atoms with Gasteiger partial charge in [-0.2, -0.15) is 4.39 Å². The third kappa shape index (κ3) is 1.33. The number of aromatic nitrogens is 1. The third-order valence-electron chi connectivity index (χ3n) is 3.04. The molecule has 13 heavy (non-hydrogen) atoms. The average molecular weight is 180 g/mol. The predicted molar refractivity (Wildman–Crippen MR) is 48.8 cm³/mol. The average Bonchev–Trinajstić information content (AvgIpc) is 2.07. The van der Waals surface area contributed by atoms with Crippen molar-refractivity contribution in [3.05, 3.63) is 29.8 Å². The van der Waals surface area contributed by atoms with E-state index in [1.54, 1.807) is 12.3 Å². The van der Waals surface area contributed by atoms with Crippen molar-refractivity contribution in [2.45, 2.75) is 24.7 Å². The second-order valence-electron chi connectivity index (χ2n) is 3.71. The molecule has 2 rings (SSSR count). The van der Waals surface area contributed by atoms with E-state index in [1.807, 2.05) is 0 Å². The normalized spacial score (nSPS) is 19.5. The molecule has 1 aliphatic rings. The first-order chi connectivity index (χ1) is 6.27. The van der Waals surface area contributed by atoms with E-state index in [2.05, 4.69) is 4.98 Å². The molecule has 0 atom stereocenters. The van der Waals surface area contributed by atoms with Crippen molar-refractivity contribution >= 4 is 0 Å². The second kappa shape index (κ2) is 3.07. The van der Waals surface area contributed by atoms with Crippen LogP contribution in [0.4, 0.5) is 4.39 Å². The highest BCUT2D eigenvalue weighted by Gasteiger charge is 2.37. The van der Waals surface area contributed by atoms with Gasteiger partial charge < -0.3 is 5.73 Å². The van der Waals surface area contributed by atoms with E-state index < -0.39 is 5.95 Å². The van der Waals surface area contributed by atoms with Crippen molar-refractivity contribution in [1.82, 2.24) is 4.98 Å². The maximum Gasteiger partial charge on any atom is 0.212 e. The molecule has 2 N–H and O–H groups in total. The zero-order valence-electron chi connectivity index (χ0n) is 7.46. The van der Waals surface area contributed by atoms with Gasteiger partial charge in [-0.1, -0.05) is 12.5 Å². The standard InChI is InChI=1S/C10H13FN2/c11-9-3-2-8(6-13-9)10(7-12)4-1-5-10/h2-3,6H,1,4-5,7,12H2. The van der Waals surface area contributed by atoms with Crippen molar-refractivity contribution < 1.29 is 4.39 Å². The van der Waals surface area contributed by atoms with Crippen molar-refractivity contribution in [2.24, 2.45) is 5.73 Å². The van der Waals surface area contributed by atoms with Gasteiger partial charge >= 0.3 is 0 Å². The first kappa shape index (κ1) is 8.63. The molecule has 1 saturated carbocycles. The van der Waals surface area contributed by atoms with Gasteiger partial charge in [0, 0.05) is 18.2 Å². The summed E-state index contributed by atoms with van der Waals surface area (Å²) in [6.45, 7) is 0.639. The maximum absolute atomic E-state index is 12.6. The summed E-state index contributed by atoms with van der Waals surface area (Å²) in [4.78, 5) is 3.65. The number of pyridine rings is 1. The summed E-state index contributed by atoms with van der Waals surface area (Å²) in [7, 11) is 0. The number of halogens is 1. The van der Waals surface area contributed by atoms with E-state index in [-0.39, 0.29) is 5.41 Å². The number of hydrogen-bond acceptors (Lipinski definition) is 2. The van der Waals surface area contributed by atoms with Crippen LogP contribution >= 0.6 is 0 Å². The minimum Gasteiger partial charge on any atom is -0.330 e. The molecular weight excluding hydrogens is 167 g/mol. The molecule has 0 amide bonds. The molecule has 3 heteroatoms. The number of nitrogens with zero attached hydrogens (tertiary/aromatic N) is 1. The quantitative estimate of drug-likeness (QED) is 0.702. The van der Waals surface area contributed by atoms with Crippen LogP contribution in [0.1, 0.15) is 24.8 Å². The van der Waals surface area contributed by atoms with Crippen LogP contribution in [-0.4, -0.2) is 11.5 Å². The molecule has 0 aliphatic heterocycles. The molecule has 1 heterocycles. The van der Waals surface area contributed by atoms with E-state index >= 15 is 0 Å². The molecule has 0 spiro atoms. The van der Waals surface area contributed by atoms with Crippen molar-refractivity contribution in [3.8, 4) is 0 Å². The summed E-state index contributed by atoms with van der Waals surface area (Å²) in [5.41, 5.74) is 6.90. The maximum atomic E-state index is 12.6. The zero-order valence-corrected chi connectivity index (χ0v) is 7.46. The molecule has 0 radical (unpaired) electrons. The first-order valence-electron chi connectivity index (χ1n) is 4.59. The van der Waals surface area contributed by atoms with Gasteiger partial charge in [0.05, 0.1) is 0 Å². The molecule has 0 unspecified atom stereocenters. The van der Waals surface area contributed by atoms with Crippen LogP contribution in [0.25, 0.3) is 0 Å². The van der Waals surface area contributed by atoms with Gasteiger partial charge in [0.1, 0.15) is 0 Å². The molecule has 0 saturated heterocycles. The summed E-state index contributed by atoms with van der Waals surface area (Å²) in [6.07, 6.45) is 5.05. The van der Waals surface area contributed by atoms with Crippen LogP contribution in [0.5, 0.6) is 0 Å². The Labute approximate surface area is 77.0 Å². The molecule has 0 bridgehead atoms. The highest BCUT2D eigenvalue weighted by Crippen LogP contribution is 2.42. The molecular formula is C10H13FN2. The molecule has 1 aromatic rings. The lowest BCUT2D eigenvalue weighted by Gasteiger charge is -2.41. The lowest BCUT2D eigenvalue weighted by atomic mass is 9.65. The van der Waals surface area contributed by atoms with Gasteiger partial charge in [-0.25, -0.2) is 4.98 Å². The monoisotopic (exact) mass is 180 g/mol. The Morgan fingerprint density at radius 3 is 2.62 bits per heavy atom. The molecule has 2 nitrogen and oxygen atoms in total. The molecule has 0 aromatic carbocycles. The van der Waals surface area contributed by atoms with Crippen LogP contribution in [0, 0.1) is 5.95 Å². The fourth-order valence-electron chi connectivity index (χ4n) is 1.90. The van der Waals surface area contributed by atoms with Crippen LogP contribution in [0.15, 0.2) is 18.3 Å². The van der Waals surface area contributed by atoms with E-state index in [1.165, 1.54) is 12.5 Å². The Hall–Kier alpha value is -0.960. The summed E-state index contributed by atoms with van der Waals surface area (Å²) in [6, 6.07) is 3.21. The van der Waals surface area contributed by atoms with Gasteiger partial charge in [0.25, 0.3) is 0 Å². The summed E-state index contributed by atoms with van der Waals surface area (Å²) in [5, 5.41) is 0. The van der Waals surface area contributed by atoms with Gasteiger partial charge in [-0.05, 0) is 24.5 Å². The Morgan fingerprint density at radius 1 is 1.46 bits per heavy atom. The van der Waals surface area contributed by atoms with Gasteiger partial charge in [-0.15, -0.1) is 0 Å². The van der Waals surface area contributed by atoms with Crippen LogP contribution in [-0.2, 0) is 5.41 Å². The molecule has 1 fully saturated rings. The van der Waals surface area contributed by atoms with E-state index in [0.29, 0.717) is 6.54 Å². The highest BCUT2D eigenvalue weighted by molar-refractivity contribution is 5.25. The first-order valence-corrected chi connectivity index (χ1v) is 4.59. The molecule has 70 valence electrons. The van der Waals surface area contributed by atoms with Crippen molar-refractivity contribution in [2.75, 3.05) is 6.54 Å². The topological polar surface area (TPSA) is 38.9 Å². The van der Waals surface area contributed by atoms with Crippen LogP contribution in [0.2, 0.25) is 0 Å². The van der Waals surface area contributed by atoms with E-state index in [4.69, 9.17) is 5.73 Å². The number of hydrogen-bond donors (Lipinski definition) is 1. The fraction of sp³-hybridized carbons (Fsp3) is 0.500. The minimum atomic E-state index is -0.421. The molecule has 1 aliphatic carbocycles. The minimum absolute atomic E-state index is 0.0979. The highest BCUT2D eigenvalue weighted by atomic mass is 19.1. The van der Waals surface area contributed by atoms with E-state index in [0.717, 1.165) is 18.4 Å². The van der Waals surface area contributed by atoms with Crippen molar-refractivity contribution in [1.29, 1.82) is 0 Å². The smallest absolute Gasteiger partial charge is 0.212 e. The summed E-state index contributed by atoms with van der Waals surface area (Å²) in [5.74, 6) is -0.421. The number of rotatable bonds is 2. The Kier molecular flexibility index (Phi) is 2.04. The lowest BCUT2D eigenvalue weighted by molar-refractivity contribution is 0.252.